The number of nitrogens with one attached hydrogen (secondary N) is 1. The molecule has 24 heavy (non-hydrogen) atoms. The van der Waals surface area contributed by atoms with Crippen LogP contribution in [0.3, 0.4) is 0 Å². The van der Waals surface area contributed by atoms with Gasteiger partial charge in [-0.15, -0.1) is 0 Å². The minimum atomic E-state index is -0.476. The standard InChI is InChI=1S/C18H15ClFN3O/c1-23-11-14(13-4-6-21-7-5-13)9-17(23)18(24)22-10-12-2-3-16(20)15(19)8-12/h2-9,11H,10H2,1H3,(H,22,24). The van der Waals surface area contributed by atoms with Gasteiger partial charge in [0, 0.05) is 37.7 Å². The Morgan fingerprint density at radius 2 is 1.96 bits per heavy atom. The maximum absolute atomic E-state index is 13.2. The minimum absolute atomic E-state index is 0.0422. The second kappa shape index (κ2) is 6.84. The molecular formula is C18H15ClFN3O. The number of carbonyl (C=O) groups excluding carboxylic acids is 1. The number of aromatic nitrogens is 2. The van der Waals surface area contributed by atoms with Crippen LogP contribution >= 0.6 is 11.6 Å². The predicted octanol–water partition coefficient (Wildman–Crippen LogP) is 3.81. The molecule has 6 heteroatoms. The van der Waals surface area contributed by atoms with Crippen molar-refractivity contribution in [1.29, 1.82) is 0 Å². The summed E-state index contributed by atoms with van der Waals surface area (Å²) in [5.41, 5.74) is 3.20. The van der Waals surface area contributed by atoms with Crippen LogP contribution in [0.1, 0.15) is 16.1 Å². The fourth-order valence-electron chi connectivity index (χ4n) is 2.41. The number of halogens is 2. The zero-order valence-corrected chi connectivity index (χ0v) is 13.7. The van der Waals surface area contributed by atoms with Crippen LogP contribution in [0.25, 0.3) is 11.1 Å². The van der Waals surface area contributed by atoms with Crippen LogP contribution in [0.4, 0.5) is 4.39 Å². The number of pyridine rings is 1. The molecule has 0 unspecified atom stereocenters. The van der Waals surface area contributed by atoms with Crippen molar-refractivity contribution in [2.75, 3.05) is 0 Å². The first-order valence-electron chi connectivity index (χ1n) is 7.33. The zero-order valence-electron chi connectivity index (χ0n) is 13.0. The van der Waals surface area contributed by atoms with Crippen molar-refractivity contribution in [2.24, 2.45) is 7.05 Å². The van der Waals surface area contributed by atoms with Crippen LogP contribution in [0.15, 0.2) is 55.0 Å². The highest BCUT2D eigenvalue weighted by Gasteiger charge is 2.13. The summed E-state index contributed by atoms with van der Waals surface area (Å²) in [6, 6.07) is 9.98. The molecule has 0 radical (unpaired) electrons. The van der Waals surface area contributed by atoms with Gasteiger partial charge >= 0.3 is 0 Å². The third-order valence-corrected chi connectivity index (χ3v) is 3.98. The zero-order chi connectivity index (χ0) is 17.1. The summed E-state index contributed by atoms with van der Waals surface area (Å²) in [6.07, 6.45) is 5.31. The van der Waals surface area contributed by atoms with Crippen molar-refractivity contribution in [1.82, 2.24) is 14.9 Å². The lowest BCUT2D eigenvalue weighted by Crippen LogP contribution is -2.24. The molecule has 2 aromatic heterocycles. The Labute approximate surface area is 143 Å². The third kappa shape index (κ3) is 3.46. The Morgan fingerprint density at radius 3 is 2.67 bits per heavy atom. The molecule has 0 saturated carbocycles. The van der Waals surface area contributed by atoms with E-state index in [-0.39, 0.29) is 17.5 Å². The normalized spacial score (nSPS) is 10.6. The number of carbonyl (C=O) groups is 1. The monoisotopic (exact) mass is 343 g/mol. The van der Waals surface area contributed by atoms with E-state index in [1.54, 1.807) is 23.0 Å². The summed E-state index contributed by atoms with van der Waals surface area (Å²) in [5, 5.41) is 2.86. The van der Waals surface area contributed by atoms with Gasteiger partial charge in [-0.05, 0) is 41.5 Å². The molecular weight excluding hydrogens is 329 g/mol. The van der Waals surface area contributed by atoms with Gasteiger partial charge in [0.1, 0.15) is 11.5 Å². The van der Waals surface area contributed by atoms with Gasteiger partial charge in [0.15, 0.2) is 0 Å². The van der Waals surface area contributed by atoms with Gasteiger partial charge in [0.2, 0.25) is 0 Å². The van der Waals surface area contributed by atoms with E-state index in [0.29, 0.717) is 5.69 Å². The summed E-state index contributed by atoms with van der Waals surface area (Å²) >= 11 is 5.75. The average Bonchev–Trinajstić information content (AvgIpc) is 2.98. The van der Waals surface area contributed by atoms with Crippen LogP contribution in [0.5, 0.6) is 0 Å². The van der Waals surface area contributed by atoms with Gasteiger partial charge in [-0.25, -0.2) is 4.39 Å². The second-order valence-electron chi connectivity index (χ2n) is 5.39. The van der Waals surface area contributed by atoms with Crippen molar-refractivity contribution in [2.45, 2.75) is 6.54 Å². The van der Waals surface area contributed by atoms with E-state index >= 15 is 0 Å². The third-order valence-electron chi connectivity index (χ3n) is 3.69. The molecule has 0 bridgehead atoms. The molecule has 2 heterocycles. The molecule has 0 aliphatic rings. The Kier molecular flexibility index (Phi) is 4.62. The van der Waals surface area contributed by atoms with Crippen molar-refractivity contribution < 1.29 is 9.18 Å². The Bertz CT molecular complexity index is 877. The molecule has 0 aliphatic carbocycles. The number of hydrogen-bond acceptors (Lipinski definition) is 2. The molecule has 4 nitrogen and oxygen atoms in total. The molecule has 0 saturated heterocycles. The maximum atomic E-state index is 13.2. The second-order valence-corrected chi connectivity index (χ2v) is 5.80. The van der Waals surface area contributed by atoms with Crippen LogP contribution < -0.4 is 5.32 Å². The predicted molar refractivity (Wildman–Crippen MR) is 91.2 cm³/mol. The molecule has 122 valence electrons. The topological polar surface area (TPSA) is 46.9 Å². The van der Waals surface area contributed by atoms with Gasteiger partial charge in [-0.3, -0.25) is 9.78 Å². The Balaban J connectivity index is 1.73. The summed E-state index contributed by atoms with van der Waals surface area (Å²) < 4.78 is 14.9. The first-order chi connectivity index (χ1) is 11.5. The minimum Gasteiger partial charge on any atom is -0.347 e. The van der Waals surface area contributed by atoms with Crippen molar-refractivity contribution in [3.8, 4) is 11.1 Å². The molecule has 0 atom stereocenters. The summed E-state index contributed by atoms with van der Waals surface area (Å²) in [4.78, 5) is 16.4. The van der Waals surface area contributed by atoms with Crippen molar-refractivity contribution in [3.63, 3.8) is 0 Å². The molecule has 0 spiro atoms. The number of nitrogens with zero attached hydrogens (tertiary/aromatic N) is 2. The van der Waals surface area contributed by atoms with Gasteiger partial charge in [0.25, 0.3) is 5.91 Å². The molecule has 3 aromatic rings. The summed E-state index contributed by atoms with van der Waals surface area (Å²) in [7, 11) is 1.81. The molecule has 1 amide bonds. The lowest BCUT2D eigenvalue weighted by Gasteiger charge is -2.06. The number of amides is 1. The lowest BCUT2D eigenvalue weighted by molar-refractivity contribution is 0.0943. The largest absolute Gasteiger partial charge is 0.347 e. The molecule has 1 aromatic carbocycles. The highest BCUT2D eigenvalue weighted by molar-refractivity contribution is 6.30. The molecule has 3 rings (SSSR count). The van der Waals surface area contributed by atoms with E-state index in [1.165, 1.54) is 12.1 Å². The molecule has 0 fully saturated rings. The Morgan fingerprint density at radius 1 is 1.21 bits per heavy atom. The van der Waals surface area contributed by atoms with Crippen LogP contribution in [0.2, 0.25) is 5.02 Å². The van der Waals surface area contributed by atoms with E-state index in [9.17, 15) is 9.18 Å². The smallest absolute Gasteiger partial charge is 0.268 e. The number of hydrogen-bond donors (Lipinski definition) is 1. The first-order valence-corrected chi connectivity index (χ1v) is 7.71. The van der Waals surface area contributed by atoms with E-state index in [1.807, 2.05) is 31.4 Å². The maximum Gasteiger partial charge on any atom is 0.268 e. The molecule has 1 N–H and O–H groups in total. The average molecular weight is 344 g/mol. The van der Waals surface area contributed by atoms with Gasteiger partial charge in [0.05, 0.1) is 5.02 Å². The number of benzene rings is 1. The fourth-order valence-corrected chi connectivity index (χ4v) is 2.62. The fraction of sp³-hybridized carbons (Fsp3) is 0.111. The lowest BCUT2D eigenvalue weighted by atomic mass is 10.1. The van der Waals surface area contributed by atoms with Crippen molar-refractivity contribution >= 4 is 17.5 Å². The van der Waals surface area contributed by atoms with Crippen LogP contribution in [0, 0.1) is 5.82 Å². The summed E-state index contributed by atoms with van der Waals surface area (Å²) in [6.45, 7) is 0.272. The van der Waals surface area contributed by atoms with Crippen LogP contribution in [-0.2, 0) is 13.6 Å². The molecule has 0 aliphatic heterocycles. The van der Waals surface area contributed by atoms with Gasteiger partial charge in [-0.1, -0.05) is 17.7 Å². The van der Waals surface area contributed by atoms with Gasteiger partial charge < -0.3 is 9.88 Å². The van der Waals surface area contributed by atoms with E-state index < -0.39 is 5.82 Å². The first kappa shape index (κ1) is 16.2. The Hall–Kier alpha value is -2.66. The van der Waals surface area contributed by atoms with Crippen LogP contribution in [-0.4, -0.2) is 15.5 Å². The van der Waals surface area contributed by atoms with E-state index in [4.69, 9.17) is 11.6 Å². The SMILES string of the molecule is Cn1cc(-c2ccncc2)cc1C(=O)NCc1ccc(F)c(Cl)c1. The van der Waals surface area contributed by atoms with Crippen molar-refractivity contribution in [3.05, 3.63) is 77.1 Å². The number of aryl methyl sites for hydroxylation is 1. The highest BCUT2D eigenvalue weighted by atomic mass is 35.5. The number of rotatable bonds is 4. The van der Waals surface area contributed by atoms with Gasteiger partial charge in [-0.2, -0.15) is 0 Å². The van der Waals surface area contributed by atoms with E-state index in [2.05, 4.69) is 10.3 Å². The van der Waals surface area contributed by atoms with E-state index in [0.717, 1.165) is 16.7 Å². The summed E-state index contributed by atoms with van der Waals surface area (Å²) in [5.74, 6) is -0.686. The highest BCUT2D eigenvalue weighted by Crippen LogP contribution is 2.21. The quantitative estimate of drug-likeness (QED) is 0.783.